The summed E-state index contributed by atoms with van der Waals surface area (Å²) in [5.41, 5.74) is -0.223. The van der Waals surface area contributed by atoms with E-state index in [-0.39, 0.29) is 11.4 Å². The molecule has 1 heterocycles. The largest absolute Gasteiger partial charge is 0.477 e. The van der Waals surface area contributed by atoms with Crippen molar-refractivity contribution in [3.8, 4) is 0 Å². The number of imidazole rings is 1. The second-order valence-electron chi connectivity index (χ2n) is 4.45. The Bertz CT molecular complexity index is 415. The predicted molar refractivity (Wildman–Crippen MR) is 71.3 cm³/mol. The van der Waals surface area contributed by atoms with Crippen LogP contribution in [-0.2, 0) is 0 Å². The van der Waals surface area contributed by atoms with Gasteiger partial charge in [0.25, 0.3) is 5.91 Å². The first-order valence-electron chi connectivity index (χ1n) is 6.71. The number of rotatable bonds is 9. The fraction of sp³-hybridized carbons (Fsp3) is 0.615. The van der Waals surface area contributed by atoms with Gasteiger partial charge in [-0.25, -0.2) is 9.78 Å². The highest BCUT2D eigenvalue weighted by molar-refractivity contribution is 6.02. The molecule has 0 aliphatic heterocycles. The van der Waals surface area contributed by atoms with Crippen molar-refractivity contribution in [2.45, 2.75) is 45.4 Å². The van der Waals surface area contributed by atoms with Gasteiger partial charge in [-0.3, -0.25) is 4.79 Å². The molecule has 1 rings (SSSR count). The molecular formula is C13H21N3O3. The Morgan fingerprint density at radius 3 is 2.63 bits per heavy atom. The molecule has 106 valence electrons. The standard InChI is InChI=1S/C13H21N3O3/c1-2-3-4-5-6-7-8-14-12(17)10-11(13(18)19)16-9-15-10/h9H,2-8H2,1H3,(H,14,17)(H,15,16)(H,18,19). The van der Waals surface area contributed by atoms with E-state index in [1.807, 2.05) is 0 Å². The van der Waals surface area contributed by atoms with Crippen molar-refractivity contribution in [2.75, 3.05) is 6.54 Å². The van der Waals surface area contributed by atoms with Gasteiger partial charge in [0.05, 0.1) is 6.33 Å². The fourth-order valence-corrected chi connectivity index (χ4v) is 1.82. The van der Waals surface area contributed by atoms with Crippen LogP contribution in [0.15, 0.2) is 6.33 Å². The normalized spacial score (nSPS) is 10.4. The van der Waals surface area contributed by atoms with Crippen LogP contribution < -0.4 is 5.32 Å². The molecule has 0 saturated heterocycles. The van der Waals surface area contributed by atoms with Crippen molar-refractivity contribution in [3.05, 3.63) is 17.7 Å². The maximum absolute atomic E-state index is 11.7. The Hall–Kier alpha value is -1.85. The van der Waals surface area contributed by atoms with E-state index in [1.54, 1.807) is 0 Å². The molecular weight excluding hydrogens is 246 g/mol. The predicted octanol–water partition coefficient (Wildman–Crippen LogP) is 2.20. The number of aromatic nitrogens is 2. The first-order valence-corrected chi connectivity index (χ1v) is 6.71. The van der Waals surface area contributed by atoms with Crippen molar-refractivity contribution in [3.63, 3.8) is 0 Å². The number of H-pyrrole nitrogens is 1. The summed E-state index contributed by atoms with van der Waals surface area (Å²) in [5.74, 6) is -1.62. The topological polar surface area (TPSA) is 95.1 Å². The van der Waals surface area contributed by atoms with E-state index in [0.717, 1.165) is 12.8 Å². The van der Waals surface area contributed by atoms with Crippen LogP contribution in [0, 0.1) is 0 Å². The number of nitrogens with zero attached hydrogens (tertiary/aromatic N) is 1. The minimum absolute atomic E-state index is 0.0570. The van der Waals surface area contributed by atoms with E-state index in [9.17, 15) is 9.59 Å². The summed E-state index contributed by atoms with van der Waals surface area (Å²) in [4.78, 5) is 28.7. The molecule has 6 heteroatoms. The number of carboxylic acids is 1. The minimum atomic E-state index is -1.18. The second-order valence-corrected chi connectivity index (χ2v) is 4.45. The first-order chi connectivity index (χ1) is 9.16. The van der Waals surface area contributed by atoms with Crippen LogP contribution in [0.3, 0.4) is 0 Å². The highest BCUT2D eigenvalue weighted by Crippen LogP contribution is 2.05. The van der Waals surface area contributed by atoms with E-state index in [4.69, 9.17) is 5.11 Å². The first kappa shape index (κ1) is 15.2. The summed E-state index contributed by atoms with van der Waals surface area (Å²) in [6, 6.07) is 0. The molecule has 0 saturated carbocycles. The number of aromatic amines is 1. The number of unbranched alkanes of at least 4 members (excludes halogenated alkanes) is 5. The van der Waals surface area contributed by atoms with Gasteiger partial charge in [0.15, 0.2) is 11.4 Å². The Labute approximate surface area is 112 Å². The van der Waals surface area contributed by atoms with Crippen LogP contribution in [0.4, 0.5) is 0 Å². The van der Waals surface area contributed by atoms with Gasteiger partial charge in [-0.05, 0) is 6.42 Å². The zero-order chi connectivity index (χ0) is 14.1. The summed E-state index contributed by atoms with van der Waals surface area (Å²) in [6.07, 6.45) is 8.06. The average Bonchev–Trinajstić information content (AvgIpc) is 2.87. The van der Waals surface area contributed by atoms with Gasteiger partial charge in [-0.2, -0.15) is 0 Å². The van der Waals surface area contributed by atoms with E-state index < -0.39 is 11.9 Å². The molecule has 0 atom stereocenters. The number of carbonyl (C=O) groups is 2. The van der Waals surface area contributed by atoms with Crippen molar-refractivity contribution >= 4 is 11.9 Å². The van der Waals surface area contributed by atoms with E-state index in [1.165, 1.54) is 32.0 Å². The van der Waals surface area contributed by atoms with Crippen LogP contribution in [0.5, 0.6) is 0 Å². The van der Waals surface area contributed by atoms with Gasteiger partial charge in [0.1, 0.15) is 0 Å². The monoisotopic (exact) mass is 267 g/mol. The lowest BCUT2D eigenvalue weighted by molar-refractivity contribution is 0.0685. The molecule has 0 aliphatic rings. The molecule has 0 radical (unpaired) electrons. The highest BCUT2D eigenvalue weighted by Gasteiger charge is 2.18. The molecule has 0 aromatic carbocycles. The zero-order valence-corrected chi connectivity index (χ0v) is 11.2. The van der Waals surface area contributed by atoms with E-state index in [2.05, 4.69) is 22.2 Å². The molecule has 1 amide bonds. The Balaban J connectivity index is 2.24. The number of carboxylic acid groups (broad SMARTS) is 1. The van der Waals surface area contributed by atoms with Crippen LogP contribution in [-0.4, -0.2) is 33.5 Å². The van der Waals surface area contributed by atoms with Gasteiger partial charge in [0, 0.05) is 6.54 Å². The summed E-state index contributed by atoms with van der Waals surface area (Å²) in [7, 11) is 0. The van der Waals surface area contributed by atoms with Crippen molar-refractivity contribution < 1.29 is 14.7 Å². The van der Waals surface area contributed by atoms with Crippen molar-refractivity contribution in [1.29, 1.82) is 0 Å². The van der Waals surface area contributed by atoms with Gasteiger partial charge in [-0.1, -0.05) is 39.0 Å². The fourth-order valence-electron chi connectivity index (χ4n) is 1.82. The summed E-state index contributed by atoms with van der Waals surface area (Å²) in [5, 5.41) is 11.5. The number of carbonyl (C=O) groups excluding carboxylic acids is 1. The van der Waals surface area contributed by atoms with Crippen molar-refractivity contribution in [1.82, 2.24) is 15.3 Å². The molecule has 0 fully saturated rings. The molecule has 19 heavy (non-hydrogen) atoms. The lowest BCUT2D eigenvalue weighted by atomic mass is 10.1. The lowest BCUT2D eigenvalue weighted by Gasteiger charge is -2.04. The SMILES string of the molecule is CCCCCCCCNC(=O)c1nc[nH]c1C(=O)O. The lowest BCUT2D eigenvalue weighted by Crippen LogP contribution is -2.26. The highest BCUT2D eigenvalue weighted by atomic mass is 16.4. The Morgan fingerprint density at radius 2 is 1.95 bits per heavy atom. The molecule has 0 spiro atoms. The van der Waals surface area contributed by atoms with Gasteiger partial charge in [-0.15, -0.1) is 0 Å². The maximum atomic E-state index is 11.7. The number of aromatic carboxylic acids is 1. The second kappa shape index (κ2) is 8.29. The quantitative estimate of drug-likeness (QED) is 0.598. The van der Waals surface area contributed by atoms with Crippen LogP contribution in [0.25, 0.3) is 0 Å². The molecule has 0 unspecified atom stereocenters. The van der Waals surface area contributed by atoms with Crippen LogP contribution in [0.2, 0.25) is 0 Å². The Kier molecular flexibility index (Phi) is 6.63. The maximum Gasteiger partial charge on any atom is 0.354 e. The minimum Gasteiger partial charge on any atom is -0.477 e. The van der Waals surface area contributed by atoms with E-state index >= 15 is 0 Å². The van der Waals surface area contributed by atoms with Gasteiger partial charge in [0.2, 0.25) is 0 Å². The van der Waals surface area contributed by atoms with Gasteiger partial charge < -0.3 is 15.4 Å². The average molecular weight is 267 g/mol. The summed E-state index contributed by atoms with van der Waals surface area (Å²) < 4.78 is 0. The molecule has 0 aliphatic carbocycles. The smallest absolute Gasteiger partial charge is 0.354 e. The Morgan fingerprint density at radius 1 is 1.26 bits per heavy atom. The number of amides is 1. The third-order valence-electron chi connectivity index (χ3n) is 2.88. The molecule has 0 bridgehead atoms. The number of nitrogens with one attached hydrogen (secondary N) is 2. The van der Waals surface area contributed by atoms with E-state index in [0.29, 0.717) is 6.54 Å². The number of hydrogen-bond donors (Lipinski definition) is 3. The third kappa shape index (κ3) is 5.11. The van der Waals surface area contributed by atoms with Gasteiger partial charge >= 0.3 is 5.97 Å². The molecule has 6 nitrogen and oxygen atoms in total. The van der Waals surface area contributed by atoms with Crippen LogP contribution in [0.1, 0.15) is 66.4 Å². The number of hydrogen-bond acceptors (Lipinski definition) is 3. The molecule has 1 aromatic rings. The third-order valence-corrected chi connectivity index (χ3v) is 2.88. The summed E-state index contributed by atoms with van der Waals surface area (Å²) in [6.45, 7) is 2.72. The molecule has 3 N–H and O–H groups in total. The van der Waals surface area contributed by atoms with Crippen LogP contribution >= 0.6 is 0 Å². The molecule has 1 aromatic heterocycles. The summed E-state index contributed by atoms with van der Waals surface area (Å²) >= 11 is 0. The zero-order valence-electron chi connectivity index (χ0n) is 11.2. The van der Waals surface area contributed by atoms with Crippen molar-refractivity contribution in [2.24, 2.45) is 0 Å².